The molecule has 120 valence electrons. The zero-order valence-electron chi connectivity index (χ0n) is 12.6. The third kappa shape index (κ3) is 3.00. The molecule has 2 aromatic carbocycles. The van der Waals surface area contributed by atoms with Crippen molar-refractivity contribution >= 4 is 16.0 Å². The zero-order valence-corrected chi connectivity index (χ0v) is 13.4. The van der Waals surface area contributed by atoms with Crippen LogP contribution in [0.15, 0.2) is 47.4 Å². The number of aryl methyl sites for hydroxylation is 1. The maximum absolute atomic E-state index is 12.4. The lowest BCUT2D eigenvalue weighted by Gasteiger charge is -2.30. The summed E-state index contributed by atoms with van der Waals surface area (Å²) >= 11 is 0. The standard InChI is InChI=1S/C17H17NO4S/c1-11-6-7-14(9-16(11)17(19)20)23(21,22)18-10-13-8-12-4-2-3-5-15(12)13/h2-7,9,13,18H,8,10H2,1H3,(H,19,20). The van der Waals surface area contributed by atoms with Crippen LogP contribution in [0.4, 0.5) is 0 Å². The van der Waals surface area contributed by atoms with E-state index in [0.717, 1.165) is 6.42 Å². The lowest BCUT2D eigenvalue weighted by atomic mass is 9.78. The molecule has 0 saturated heterocycles. The zero-order chi connectivity index (χ0) is 16.6. The van der Waals surface area contributed by atoms with Gasteiger partial charge in [0.25, 0.3) is 0 Å². The molecule has 0 saturated carbocycles. The molecule has 1 unspecified atom stereocenters. The third-order valence-electron chi connectivity index (χ3n) is 4.23. The van der Waals surface area contributed by atoms with E-state index in [0.29, 0.717) is 12.1 Å². The van der Waals surface area contributed by atoms with Crippen molar-refractivity contribution in [2.45, 2.75) is 24.2 Å². The van der Waals surface area contributed by atoms with Crippen molar-refractivity contribution in [3.05, 3.63) is 64.7 Å². The molecule has 2 aromatic rings. The van der Waals surface area contributed by atoms with Crippen LogP contribution in [-0.2, 0) is 16.4 Å². The van der Waals surface area contributed by atoms with Crippen molar-refractivity contribution in [2.24, 2.45) is 0 Å². The first kappa shape index (κ1) is 15.7. The minimum Gasteiger partial charge on any atom is -0.478 e. The molecule has 2 N–H and O–H groups in total. The monoisotopic (exact) mass is 331 g/mol. The average molecular weight is 331 g/mol. The number of aromatic carboxylic acids is 1. The predicted molar refractivity (Wildman–Crippen MR) is 86.2 cm³/mol. The first-order valence-electron chi connectivity index (χ1n) is 7.30. The Hall–Kier alpha value is -2.18. The minimum atomic E-state index is -3.72. The summed E-state index contributed by atoms with van der Waals surface area (Å²) in [7, 11) is -3.72. The molecule has 1 aliphatic rings. The van der Waals surface area contributed by atoms with Gasteiger partial charge in [-0.25, -0.2) is 17.9 Å². The molecule has 0 radical (unpaired) electrons. The van der Waals surface area contributed by atoms with Crippen LogP contribution in [-0.4, -0.2) is 26.0 Å². The number of hydrogen-bond acceptors (Lipinski definition) is 3. The molecule has 0 fully saturated rings. The second kappa shape index (κ2) is 5.79. The number of sulfonamides is 1. The van der Waals surface area contributed by atoms with E-state index >= 15 is 0 Å². The fourth-order valence-corrected chi connectivity index (χ4v) is 3.94. The molecule has 0 spiro atoms. The molecule has 1 atom stereocenters. The normalized spacial score (nSPS) is 16.5. The van der Waals surface area contributed by atoms with Crippen molar-refractivity contribution in [3.8, 4) is 0 Å². The van der Waals surface area contributed by atoms with Crippen LogP contribution in [0.5, 0.6) is 0 Å². The highest BCUT2D eigenvalue weighted by Crippen LogP contribution is 2.34. The number of carboxylic acids is 1. The van der Waals surface area contributed by atoms with Gasteiger partial charge in [0.05, 0.1) is 10.5 Å². The van der Waals surface area contributed by atoms with Gasteiger partial charge >= 0.3 is 5.97 Å². The highest BCUT2D eigenvalue weighted by Gasteiger charge is 2.27. The Morgan fingerprint density at radius 3 is 2.70 bits per heavy atom. The second-order valence-electron chi connectivity index (χ2n) is 5.73. The van der Waals surface area contributed by atoms with E-state index in [9.17, 15) is 13.2 Å². The van der Waals surface area contributed by atoms with E-state index in [2.05, 4.69) is 4.72 Å². The second-order valence-corrected chi connectivity index (χ2v) is 7.50. The molecule has 0 amide bonds. The largest absolute Gasteiger partial charge is 0.478 e. The summed E-state index contributed by atoms with van der Waals surface area (Å²) in [6, 6.07) is 12.1. The lowest BCUT2D eigenvalue weighted by molar-refractivity contribution is 0.0696. The van der Waals surface area contributed by atoms with Crippen LogP contribution in [0.2, 0.25) is 0 Å². The Bertz CT molecular complexity index is 874. The number of carbonyl (C=O) groups is 1. The Kier molecular flexibility index (Phi) is 3.95. The Balaban J connectivity index is 1.76. The first-order chi connectivity index (χ1) is 10.9. The predicted octanol–water partition coefficient (Wildman–Crippen LogP) is 2.31. The van der Waals surface area contributed by atoms with Crippen molar-refractivity contribution in [1.29, 1.82) is 0 Å². The first-order valence-corrected chi connectivity index (χ1v) is 8.78. The van der Waals surface area contributed by atoms with Crippen LogP contribution >= 0.6 is 0 Å². The molecule has 3 rings (SSSR count). The van der Waals surface area contributed by atoms with Gasteiger partial charge in [-0.05, 0) is 42.2 Å². The van der Waals surface area contributed by atoms with Gasteiger partial charge in [0.1, 0.15) is 0 Å². The molecule has 23 heavy (non-hydrogen) atoms. The number of nitrogens with one attached hydrogen (secondary N) is 1. The van der Waals surface area contributed by atoms with Gasteiger partial charge in [-0.2, -0.15) is 0 Å². The van der Waals surface area contributed by atoms with Crippen LogP contribution in [0.1, 0.15) is 33.0 Å². The van der Waals surface area contributed by atoms with Crippen LogP contribution in [0.3, 0.4) is 0 Å². The maximum atomic E-state index is 12.4. The Morgan fingerprint density at radius 1 is 1.26 bits per heavy atom. The Labute approximate surface area is 135 Å². The molecule has 0 heterocycles. The summed E-state index contributed by atoms with van der Waals surface area (Å²) in [5.74, 6) is -0.960. The van der Waals surface area contributed by atoms with E-state index < -0.39 is 16.0 Å². The topological polar surface area (TPSA) is 83.5 Å². The molecular weight excluding hydrogens is 314 g/mol. The summed E-state index contributed by atoms with van der Waals surface area (Å²) in [4.78, 5) is 11.1. The average Bonchev–Trinajstić information content (AvgIpc) is 2.48. The van der Waals surface area contributed by atoms with Crippen molar-refractivity contribution in [3.63, 3.8) is 0 Å². The molecule has 0 aliphatic heterocycles. The van der Waals surface area contributed by atoms with E-state index in [1.807, 2.05) is 24.3 Å². The van der Waals surface area contributed by atoms with Crippen LogP contribution < -0.4 is 4.72 Å². The van der Waals surface area contributed by atoms with Crippen molar-refractivity contribution in [2.75, 3.05) is 6.54 Å². The summed E-state index contributed by atoms with van der Waals surface area (Å²) in [6.07, 6.45) is 0.854. The maximum Gasteiger partial charge on any atom is 0.335 e. The van der Waals surface area contributed by atoms with Crippen LogP contribution in [0.25, 0.3) is 0 Å². The number of benzene rings is 2. The van der Waals surface area contributed by atoms with Gasteiger partial charge in [-0.3, -0.25) is 0 Å². The number of fused-ring (bicyclic) bond motifs is 1. The lowest BCUT2D eigenvalue weighted by Crippen LogP contribution is -2.33. The van der Waals surface area contributed by atoms with E-state index in [4.69, 9.17) is 5.11 Å². The van der Waals surface area contributed by atoms with Crippen LogP contribution in [0, 0.1) is 6.92 Å². The highest BCUT2D eigenvalue weighted by atomic mass is 32.2. The van der Waals surface area contributed by atoms with E-state index in [1.165, 1.54) is 29.3 Å². The summed E-state index contributed by atoms with van der Waals surface area (Å²) in [5.41, 5.74) is 2.96. The third-order valence-corrected chi connectivity index (χ3v) is 5.65. The van der Waals surface area contributed by atoms with Crippen molar-refractivity contribution < 1.29 is 18.3 Å². The smallest absolute Gasteiger partial charge is 0.335 e. The summed E-state index contributed by atoms with van der Waals surface area (Å²) < 4.78 is 27.3. The number of rotatable bonds is 5. The van der Waals surface area contributed by atoms with Gasteiger partial charge in [0.15, 0.2) is 0 Å². The Morgan fingerprint density at radius 2 is 2.00 bits per heavy atom. The van der Waals surface area contributed by atoms with Gasteiger partial charge in [-0.15, -0.1) is 0 Å². The van der Waals surface area contributed by atoms with Gasteiger partial charge in [0, 0.05) is 12.5 Å². The molecule has 0 bridgehead atoms. The quantitative estimate of drug-likeness (QED) is 0.881. The van der Waals surface area contributed by atoms with Gasteiger partial charge < -0.3 is 5.11 Å². The van der Waals surface area contributed by atoms with Gasteiger partial charge in [0.2, 0.25) is 10.0 Å². The molecular formula is C17H17NO4S. The summed E-state index contributed by atoms with van der Waals surface area (Å²) in [6.45, 7) is 1.95. The molecule has 0 aromatic heterocycles. The van der Waals surface area contributed by atoms with Gasteiger partial charge in [-0.1, -0.05) is 30.3 Å². The SMILES string of the molecule is Cc1ccc(S(=O)(=O)NCC2Cc3ccccc32)cc1C(=O)O. The van der Waals surface area contributed by atoms with Crippen molar-refractivity contribution in [1.82, 2.24) is 4.72 Å². The number of carboxylic acid groups (broad SMARTS) is 1. The van der Waals surface area contributed by atoms with E-state index in [-0.39, 0.29) is 16.4 Å². The minimum absolute atomic E-state index is 0.00173. The molecule has 1 aliphatic carbocycles. The molecule has 5 nitrogen and oxygen atoms in total. The molecule has 6 heteroatoms. The fraction of sp³-hybridized carbons (Fsp3) is 0.235. The number of hydrogen-bond donors (Lipinski definition) is 2. The van der Waals surface area contributed by atoms with E-state index in [1.54, 1.807) is 6.92 Å². The summed E-state index contributed by atoms with van der Waals surface area (Å²) in [5, 5.41) is 9.12. The highest BCUT2D eigenvalue weighted by molar-refractivity contribution is 7.89. The fourth-order valence-electron chi connectivity index (χ4n) is 2.84.